The van der Waals surface area contributed by atoms with Crippen molar-refractivity contribution in [1.82, 2.24) is 14.9 Å². The summed E-state index contributed by atoms with van der Waals surface area (Å²) in [5, 5.41) is 6.60. The van der Waals surface area contributed by atoms with Crippen molar-refractivity contribution in [1.29, 1.82) is 0 Å². The standard InChI is InChI=1S/C15H27F3N4O2S.HI/c1-3-5-11-10-13(11)21-14(19-4-2)20-12-6-8-22(9-7-12)25(23,24)15(16,17)18;/h11-13H,3-10H2,1-2H3,(H2,19,20,21);1H. The highest BCUT2D eigenvalue weighted by atomic mass is 127. The summed E-state index contributed by atoms with van der Waals surface area (Å²) < 4.78 is 61.2. The molecule has 2 unspecified atom stereocenters. The minimum Gasteiger partial charge on any atom is -0.354 e. The highest BCUT2D eigenvalue weighted by Crippen LogP contribution is 2.34. The Kier molecular flexibility index (Phi) is 8.91. The summed E-state index contributed by atoms with van der Waals surface area (Å²) in [6.45, 7) is 4.39. The number of sulfonamides is 1. The van der Waals surface area contributed by atoms with Crippen LogP contribution >= 0.6 is 24.0 Å². The fourth-order valence-corrected chi connectivity index (χ4v) is 4.15. The molecule has 11 heteroatoms. The first-order chi connectivity index (χ1) is 11.7. The van der Waals surface area contributed by atoms with Crippen LogP contribution in [0.4, 0.5) is 13.2 Å². The second-order valence-electron chi connectivity index (χ2n) is 6.63. The zero-order valence-corrected chi connectivity index (χ0v) is 18.2. The van der Waals surface area contributed by atoms with Gasteiger partial charge in [0.05, 0.1) is 0 Å². The number of piperidine rings is 1. The first-order valence-corrected chi connectivity index (χ1v) is 10.3. The molecule has 1 saturated heterocycles. The number of hydrogen-bond acceptors (Lipinski definition) is 3. The van der Waals surface area contributed by atoms with Gasteiger partial charge in [-0.2, -0.15) is 17.5 Å². The third kappa shape index (κ3) is 6.11. The fraction of sp³-hybridized carbons (Fsp3) is 0.933. The molecular formula is C15H28F3IN4O2S. The molecule has 0 spiro atoms. The predicted octanol–water partition coefficient (Wildman–Crippen LogP) is 2.66. The fourth-order valence-electron chi connectivity index (χ4n) is 3.16. The lowest BCUT2D eigenvalue weighted by Crippen LogP contribution is -2.52. The van der Waals surface area contributed by atoms with Crippen LogP contribution in [0.15, 0.2) is 4.99 Å². The largest absolute Gasteiger partial charge is 0.511 e. The molecule has 0 aromatic rings. The number of nitrogens with zero attached hydrogens (tertiary/aromatic N) is 2. The van der Waals surface area contributed by atoms with E-state index < -0.39 is 15.5 Å². The number of guanidine groups is 1. The smallest absolute Gasteiger partial charge is 0.354 e. The minimum absolute atomic E-state index is 0. The van der Waals surface area contributed by atoms with E-state index in [0.717, 1.165) is 12.8 Å². The van der Waals surface area contributed by atoms with Gasteiger partial charge in [0, 0.05) is 31.7 Å². The highest BCUT2D eigenvalue weighted by molar-refractivity contribution is 14.0. The van der Waals surface area contributed by atoms with Gasteiger partial charge < -0.3 is 10.6 Å². The van der Waals surface area contributed by atoms with Crippen LogP contribution in [0.25, 0.3) is 0 Å². The Morgan fingerprint density at radius 2 is 1.81 bits per heavy atom. The maximum atomic E-state index is 12.6. The monoisotopic (exact) mass is 512 g/mol. The van der Waals surface area contributed by atoms with E-state index >= 15 is 0 Å². The quantitative estimate of drug-likeness (QED) is 0.326. The van der Waals surface area contributed by atoms with Crippen LogP contribution in [-0.2, 0) is 10.0 Å². The third-order valence-electron chi connectivity index (χ3n) is 4.65. The Morgan fingerprint density at radius 1 is 1.19 bits per heavy atom. The molecule has 0 bridgehead atoms. The second-order valence-corrected chi connectivity index (χ2v) is 8.56. The lowest BCUT2D eigenvalue weighted by molar-refractivity contribution is -0.0494. The number of nitrogens with one attached hydrogen (secondary N) is 2. The Morgan fingerprint density at radius 3 is 2.31 bits per heavy atom. The van der Waals surface area contributed by atoms with E-state index in [-0.39, 0.29) is 43.1 Å². The van der Waals surface area contributed by atoms with Crippen LogP contribution < -0.4 is 10.6 Å². The number of hydrogen-bond donors (Lipinski definition) is 2. The van der Waals surface area contributed by atoms with Crippen LogP contribution in [0.3, 0.4) is 0 Å². The number of rotatable bonds is 6. The lowest BCUT2D eigenvalue weighted by Gasteiger charge is -2.32. The Labute approximate surface area is 170 Å². The number of alkyl halides is 3. The zero-order chi connectivity index (χ0) is 18.7. The summed E-state index contributed by atoms with van der Waals surface area (Å²) in [6, 6.07) is 0.323. The van der Waals surface area contributed by atoms with Gasteiger partial charge in [0.15, 0.2) is 5.96 Å². The van der Waals surface area contributed by atoms with Crippen LogP contribution in [0.2, 0.25) is 0 Å². The van der Waals surface area contributed by atoms with Crippen molar-refractivity contribution in [2.45, 2.75) is 63.5 Å². The molecule has 1 saturated carbocycles. The molecule has 0 radical (unpaired) electrons. The topological polar surface area (TPSA) is 73.8 Å². The van der Waals surface area contributed by atoms with E-state index in [1.165, 1.54) is 6.42 Å². The first-order valence-electron chi connectivity index (χ1n) is 8.83. The Balaban J connectivity index is 0.00000338. The Hall–Kier alpha value is -0.300. The summed E-state index contributed by atoms with van der Waals surface area (Å²) in [5.41, 5.74) is -5.23. The van der Waals surface area contributed by atoms with E-state index in [1.807, 2.05) is 6.92 Å². The molecule has 2 rings (SSSR count). The molecule has 154 valence electrons. The maximum absolute atomic E-state index is 12.6. The molecule has 2 fully saturated rings. The van der Waals surface area contributed by atoms with Crippen molar-refractivity contribution < 1.29 is 21.6 Å². The summed E-state index contributed by atoms with van der Waals surface area (Å²) in [4.78, 5) is 4.38. The summed E-state index contributed by atoms with van der Waals surface area (Å²) >= 11 is 0. The van der Waals surface area contributed by atoms with Gasteiger partial charge in [-0.1, -0.05) is 13.3 Å². The molecule has 26 heavy (non-hydrogen) atoms. The average molecular weight is 512 g/mol. The Bertz CT molecular complexity index is 578. The normalized spacial score (nSPS) is 25.5. The highest BCUT2D eigenvalue weighted by Gasteiger charge is 2.50. The van der Waals surface area contributed by atoms with Gasteiger partial charge in [-0.3, -0.25) is 4.99 Å². The van der Waals surface area contributed by atoms with Gasteiger partial charge >= 0.3 is 15.5 Å². The predicted molar refractivity (Wildman–Crippen MR) is 106 cm³/mol. The first kappa shape index (κ1) is 23.7. The van der Waals surface area contributed by atoms with E-state index in [9.17, 15) is 21.6 Å². The number of halogens is 4. The number of aliphatic imine (C=N–C) groups is 1. The van der Waals surface area contributed by atoms with Crippen molar-refractivity contribution in [2.24, 2.45) is 10.9 Å². The van der Waals surface area contributed by atoms with Gasteiger partial charge in [0.1, 0.15) is 0 Å². The molecule has 0 aromatic heterocycles. The zero-order valence-electron chi connectivity index (χ0n) is 15.1. The summed E-state index contributed by atoms with van der Waals surface area (Å²) in [5.74, 6) is 1.33. The summed E-state index contributed by atoms with van der Waals surface area (Å²) in [7, 11) is -5.22. The van der Waals surface area contributed by atoms with Gasteiger partial charge in [-0.25, -0.2) is 8.42 Å². The third-order valence-corrected chi connectivity index (χ3v) is 6.28. The molecular weight excluding hydrogens is 484 g/mol. The van der Waals surface area contributed by atoms with E-state index in [1.54, 1.807) is 0 Å². The average Bonchev–Trinajstić information content (AvgIpc) is 3.25. The maximum Gasteiger partial charge on any atom is 0.511 e. The van der Waals surface area contributed by atoms with Crippen LogP contribution in [0.5, 0.6) is 0 Å². The molecule has 0 amide bonds. The molecule has 2 aliphatic rings. The van der Waals surface area contributed by atoms with E-state index in [0.29, 0.717) is 41.6 Å². The SMILES string of the molecule is CCCC1CC1NC(=NCC)NC1CCN(S(=O)(=O)C(F)(F)F)CC1.I. The van der Waals surface area contributed by atoms with E-state index in [2.05, 4.69) is 22.5 Å². The summed E-state index contributed by atoms with van der Waals surface area (Å²) in [6.07, 6.45) is 4.07. The molecule has 1 aliphatic heterocycles. The van der Waals surface area contributed by atoms with Crippen LogP contribution in [0, 0.1) is 5.92 Å². The molecule has 2 atom stereocenters. The van der Waals surface area contributed by atoms with Crippen LogP contribution in [0.1, 0.15) is 46.0 Å². The van der Waals surface area contributed by atoms with E-state index in [4.69, 9.17) is 0 Å². The minimum atomic E-state index is -5.23. The lowest BCUT2D eigenvalue weighted by atomic mass is 10.1. The van der Waals surface area contributed by atoms with Gasteiger partial charge in [-0.05, 0) is 38.5 Å². The molecule has 2 N–H and O–H groups in total. The van der Waals surface area contributed by atoms with Gasteiger partial charge in [-0.15, -0.1) is 24.0 Å². The van der Waals surface area contributed by atoms with Crippen molar-refractivity contribution in [2.75, 3.05) is 19.6 Å². The van der Waals surface area contributed by atoms with Crippen molar-refractivity contribution in [3.8, 4) is 0 Å². The van der Waals surface area contributed by atoms with Crippen molar-refractivity contribution in [3.63, 3.8) is 0 Å². The van der Waals surface area contributed by atoms with Crippen molar-refractivity contribution in [3.05, 3.63) is 0 Å². The van der Waals surface area contributed by atoms with Crippen LogP contribution in [-0.4, -0.2) is 55.9 Å². The van der Waals surface area contributed by atoms with Crippen molar-refractivity contribution >= 4 is 40.0 Å². The van der Waals surface area contributed by atoms with Gasteiger partial charge in [0.2, 0.25) is 0 Å². The molecule has 1 aliphatic carbocycles. The van der Waals surface area contributed by atoms with Gasteiger partial charge in [0.25, 0.3) is 0 Å². The second kappa shape index (κ2) is 9.76. The molecule has 0 aromatic carbocycles. The molecule has 6 nitrogen and oxygen atoms in total. The molecule has 1 heterocycles.